The first kappa shape index (κ1) is 37.0. The summed E-state index contributed by atoms with van der Waals surface area (Å²) in [5, 5.41) is 8.35. The highest BCUT2D eigenvalue weighted by Gasteiger charge is 2.47. The lowest BCUT2D eigenvalue weighted by atomic mass is 9.68. The number of hydrogen-bond acceptors (Lipinski definition) is 12. The van der Waals surface area contributed by atoms with Gasteiger partial charge in [-0.3, -0.25) is 24.3 Å². The van der Waals surface area contributed by atoms with Crippen molar-refractivity contribution in [1.29, 1.82) is 0 Å². The van der Waals surface area contributed by atoms with Gasteiger partial charge >= 0.3 is 5.97 Å². The van der Waals surface area contributed by atoms with Crippen LogP contribution in [0.5, 0.6) is 11.5 Å². The average Bonchev–Trinajstić information content (AvgIpc) is 3.62. The van der Waals surface area contributed by atoms with E-state index in [1.807, 2.05) is 34.0 Å². The number of hydrogen-bond donors (Lipinski definition) is 1. The fourth-order valence-electron chi connectivity index (χ4n) is 8.46. The summed E-state index contributed by atoms with van der Waals surface area (Å²) in [6.07, 6.45) is 10.0. The molecule has 3 aliphatic rings. The van der Waals surface area contributed by atoms with Crippen LogP contribution in [0.25, 0.3) is 11.0 Å². The van der Waals surface area contributed by atoms with Crippen molar-refractivity contribution in [1.82, 2.24) is 39.8 Å². The fourth-order valence-corrected chi connectivity index (χ4v) is 8.46. The third-order valence-corrected chi connectivity index (χ3v) is 11.2. The summed E-state index contributed by atoms with van der Waals surface area (Å²) in [6, 6.07) is 10.1. The molecule has 1 spiro atoms. The van der Waals surface area contributed by atoms with Crippen LogP contribution in [0.4, 0.5) is 5.82 Å². The molecule has 0 bridgehead atoms. The monoisotopic (exact) mass is 739 g/mol. The number of aromatic nitrogens is 5. The van der Waals surface area contributed by atoms with Gasteiger partial charge in [-0.2, -0.15) is 5.10 Å². The van der Waals surface area contributed by atoms with Crippen LogP contribution >= 0.6 is 0 Å². The van der Waals surface area contributed by atoms with Crippen LogP contribution in [0.3, 0.4) is 0 Å². The van der Waals surface area contributed by atoms with Crippen molar-refractivity contribution in [2.24, 2.45) is 5.92 Å². The van der Waals surface area contributed by atoms with E-state index in [0.29, 0.717) is 45.0 Å². The van der Waals surface area contributed by atoms with Crippen LogP contribution in [0.15, 0.2) is 49.1 Å². The van der Waals surface area contributed by atoms with Crippen molar-refractivity contribution in [3.05, 3.63) is 65.9 Å². The van der Waals surface area contributed by atoms with E-state index in [0.717, 1.165) is 79.9 Å². The molecule has 286 valence electrons. The summed E-state index contributed by atoms with van der Waals surface area (Å²) in [6.45, 7) is 6.28. The van der Waals surface area contributed by atoms with Gasteiger partial charge < -0.3 is 29.3 Å². The Kier molecular flexibility index (Phi) is 11.2. The van der Waals surface area contributed by atoms with Gasteiger partial charge in [0.25, 0.3) is 5.91 Å². The standard InChI is InChI=1S/C39H49N9O6/c1-27(49)54-25-35(50)41-14-6-15-47-16-10-29-21-33(52-2)34(53-3)22-32(29)39(47)11-8-28(9-12-39)38(51)46-19-17-45(18-20-46)36-31-23-44-48(37(31)43-26-42-36)24-30-7-4-5-13-40-30/h4-5,7,13,21-23,26,28H,6,8-12,14-20,24-25H2,1-3H3,(H,41,50)/t28-,39-. The second kappa shape index (κ2) is 16.4. The maximum absolute atomic E-state index is 14.1. The van der Waals surface area contributed by atoms with Gasteiger partial charge in [0.2, 0.25) is 5.91 Å². The van der Waals surface area contributed by atoms with Gasteiger partial charge in [0.15, 0.2) is 23.8 Å². The molecular weight excluding hydrogens is 690 g/mol. The minimum Gasteiger partial charge on any atom is -0.493 e. The topological polar surface area (TPSA) is 157 Å². The molecule has 15 nitrogen and oxygen atoms in total. The van der Waals surface area contributed by atoms with Crippen molar-refractivity contribution in [2.45, 2.75) is 57.5 Å². The fraction of sp³-hybridized carbons (Fsp3) is 0.513. The lowest BCUT2D eigenvalue weighted by Crippen LogP contribution is -2.55. The number of nitrogens with one attached hydrogen (secondary N) is 1. The number of carbonyl (C=O) groups excluding carboxylic acids is 3. The van der Waals surface area contributed by atoms with Gasteiger partial charge in [0, 0.05) is 70.4 Å². The van der Waals surface area contributed by atoms with Crippen LogP contribution in [0.1, 0.15) is 55.8 Å². The highest BCUT2D eigenvalue weighted by atomic mass is 16.5. The Hall–Kier alpha value is -5.31. The number of carbonyl (C=O) groups is 3. The Morgan fingerprint density at radius 1 is 0.963 bits per heavy atom. The number of pyridine rings is 1. The zero-order valence-electron chi connectivity index (χ0n) is 31.3. The maximum atomic E-state index is 14.1. The second-order valence-electron chi connectivity index (χ2n) is 14.3. The summed E-state index contributed by atoms with van der Waals surface area (Å²) in [5.74, 6) is 1.65. The molecule has 4 aromatic rings. The molecule has 0 unspecified atom stereocenters. The number of ether oxygens (including phenoxy) is 3. The molecule has 1 aliphatic carbocycles. The summed E-state index contributed by atoms with van der Waals surface area (Å²) in [5.41, 5.74) is 3.90. The molecule has 7 rings (SSSR count). The molecule has 2 aliphatic heterocycles. The van der Waals surface area contributed by atoms with E-state index in [9.17, 15) is 14.4 Å². The van der Waals surface area contributed by atoms with Crippen LogP contribution < -0.4 is 19.7 Å². The first-order valence-electron chi connectivity index (χ1n) is 18.8. The lowest BCUT2D eigenvalue weighted by molar-refractivity contribution is -0.146. The Morgan fingerprint density at radius 2 is 1.74 bits per heavy atom. The van der Waals surface area contributed by atoms with Crippen molar-refractivity contribution in [3.63, 3.8) is 0 Å². The van der Waals surface area contributed by atoms with Gasteiger partial charge in [-0.1, -0.05) is 6.07 Å². The first-order chi connectivity index (χ1) is 26.3. The third kappa shape index (κ3) is 7.68. The van der Waals surface area contributed by atoms with E-state index in [1.54, 1.807) is 26.7 Å². The Labute approximate surface area is 315 Å². The molecule has 2 fully saturated rings. The number of piperazine rings is 1. The molecule has 3 aromatic heterocycles. The smallest absolute Gasteiger partial charge is 0.303 e. The van der Waals surface area contributed by atoms with E-state index in [2.05, 4.69) is 47.3 Å². The minimum absolute atomic E-state index is 0.0503. The van der Waals surface area contributed by atoms with E-state index in [4.69, 9.17) is 14.2 Å². The maximum Gasteiger partial charge on any atom is 0.303 e. The zero-order valence-corrected chi connectivity index (χ0v) is 31.3. The van der Waals surface area contributed by atoms with Crippen LogP contribution in [0.2, 0.25) is 0 Å². The molecule has 2 amide bonds. The Morgan fingerprint density at radius 3 is 2.46 bits per heavy atom. The SMILES string of the molecule is COc1cc2c(cc1OC)[C@]1(CC[C@@H](C(=O)N3CCN(c4ncnc5c4cnn5Cc4ccccn4)CC3)CC1)N(CCCNC(=O)COC(C)=O)CC2. The molecule has 1 saturated carbocycles. The number of anilines is 1. The quantitative estimate of drug-likeness (QED) is 0.168. The highest BCUT2D eigenvalue weighted by Crippen LogP contribution is 2.50. The number of benzene rings is 1. The summed E-state index contributed by atoms with van der Waals surface area (Å²) < 4.78 is 18.1. The van der Waals surface area contributed by atoms with Crippen LogP contribution in [-0.4, -0.2) is 119 Å². The van der Waals surface area contributed by atoms with Gasteiger partial charge in [-0.15, -0.1) is 0 Å². The van der Waals surface area contributed by atoms with E-state index < -0.39 is 5.97 Å². The normalized spacial score (nSPS) is 20.1. The number of nitrogens with zero attached hydrogens (tertiary/aromatic N) is 8. The van der Waals surface area contributed by atoms with E-state index in [-0.39, 0.29) is 29.9 Å². The molecule has 1 saturated heterocycles. The number of esters is 1. The van der Waals surface area contributed by atoms with Gasteiger partial charge in [-0.25, -0.2) is 14.6 Å². The van der Waals surface area contributed by atoms with Gasteiger partial charge in [0.05, 0.1) is 38.0 Å². The molecule has 54 heavy (non-hydrogen) atoms. The van der Waals surface area contributed by atoms with Crippen LogP contribution in [-0.2, 0) is 37.6 Å². The summed E-state index contributed by atoms with van der Waals surface area (Å²) in [7, 11) is 3.32. The van der Waals surface area contributed by atoms with Crippen molar-refractivity contribution < 1.29 is 28.6 Å². The lowest BCUT2D eigenvalue weighted by Gasteiger charge is -2.52. The molecule has 15 heteroatoms. The molecule has 0 radical (unpaired) electrons. The van der Waals surface area contributed by atoms with Crippen molar-refractivity contribution in [3.8, 4) is 11.5 Å². The minimum atomic E-state index is -0.479. The largest absolute Gasteiger partial charge is 0.493 e. The number of fused-ring (bicyclic) bond motifs is 3. The molecule has 1 aromatic carbocycles. The average molecular weight is 740 g/mol. The van der Waals surface area contributed by atoms with Crippen molar-refractivity contribution >= 4 is 34.6 Å². The molecule has 1 N–H and O–H groups in total. The molecular formula is C39H49N9O6. The second-order valence-corrected chi connectivity index (χ2v) is 14.3. The Balaban J connectivity index is 0.998. The zero-order chi connectivity index (χ0) is 37.7. The van der Waals surface area contributed by atoms with E-state index in [1.165, 1.54) is 18.1 Å². The van der Waals surface area contributed by atoms with E-state index >= 15 is 0 Å². The van der Waals surface area contributed by atoms with Crippen LogP contribution in [0, 0.1) is 5.92 Å². The van der Waals surface area contributed by atoms with Gasteiger partial charge in [0.1, 0.15) is 12.1 Å². The highest BCUT2D eigenvalue weighted by molar-refractivity contribution is 5.87. The first-order valence-corrected chi connectivity index (χ1v) is 18.8. The summed E-state index contributed by atoms with van der Waals surface area (Å²) in [4.78, 5) is 57.7. The molecule has 0 atom stereocenters. The number of methoxy groups -OCH3 is 2. The van der Waals surface area contributed by atoms with Crippen molar-refractivity contribution in [2.75, 3.05) is 71.5 Å². The molecule has 5 heterocycles. The summed E-state index contributed by atoms with van der Waals surface area (Å²) >= 11 is 0. The number of rotatable bonds is 12. The Bertz CT molecular complexity index is 1950. The predicted molar refractivity (Wildman–Crippen MR) is 200 cm³/mol. The number of amides is 2. The third-order valence-electron chi connectivity index (χ3n) is 11.2. The van der Waals surface area contributed by atoms with Gasteiger partial charge in [-0.05, 0) is 73.9 Å². The predicted octanol–water partition coefficient (Wildman–Crippen LogP) is 2.95.